The lowest BCUT2D eigenvalue weighted by molar-refractivity contribution is -0.660. The molecular formula is C26H32N+. The molecule has 27 heavy (non-hydrogen) atoms. The second-order valence-electron chi connectivity index (χ2n) is 8.32. The molecule has 0 aliphatic rings. The van der Waals surface area contributed by atoms with Crippen LogP contribution in [0.1, 0.15) is 49.9 Å². The van der Waals surface area contributed by atoms with Crippen LogP contribution in [-0.4, -0.2) is 0 Å². The number of pyridine rings is 1. The summed E-state index contributed by atoms with van der Waals surface area (Å²) >= 11 is 0. The monoisotopic (exact) mass is 363 g/mol. The maximum absolute atomic E-state index is 8.82. The highest BCUT2D eigenvalue weighted by molar-refractivity contribution is 5.75. The van der Waals surface area contributed by atoms with Gasteiger partial charge in [-0.15, -0.1) is 0 Å². The van der Waals surface area contributed by atoms with Crippen molar-refractivity contribution in [2.75, 3.05) is 0 Å². The number of aryl methyl sites for hydroxylation is 4. The Morgan fingerprint density at radius 3 is 2.37 bits per heavy atom. The number of hydrogen-bond acceptors (Lipinski definition) is 0. The molecule has 3 aromatic rings. The van der Waals surface area contributed by atoms with Gasteiger partial charge in [-0.05, 0) is 66.4 Å². The second kappa shape index (κ2) is 7.31. The first-order valence-electron chi connectivity index (χ1n) is 11.9. The van der Waals surface area contributed by atoms with Crippen LogP contribution in [0, 0.1) is 26.1 Å². The van der Waals surface area contributed by atoms with Crippen molar-refractivity contribution in [2.45, 2.75) is 47.8 Å². The molecule has 1 aromatic heterocycles. The summed E-state index contributed by atoms with van der Waals surface area (Å²) < 4.78 is 42.9. The van der Waals surface area contributed by atoms with E-state index in [1.807, 2.05) is 88.7 Å². The summed E-state index contributed by atoms with van der Waals surface area (Å²) in [6, 6.07) is 15.7. The molecule has 140 valence electrons. The summed E-state index contributed by atoms with van der Waals surface area (Å²) in [7, 11) is 1.86. The van der Waals surface area contributed by atoms with Crippen LogP contribution >= 0.6 is 0 Å². The third kappa shape index (κ3) is 4.30. The van der Waals surface area contributed by atoms with Gasteiger partial charge >= 0.3 is 0 Å². The van der Waals surface area contributed by atoms with E-state index in [1.165, 1.54) is 0 Å². The van der Waals surface area contributed by atoms with Gasteiger partial charge in [-0.1, -0.05) is 57.2 Å². The van der Waals surface area contributed by atoms with Crippen molar-refractivity contribution in [1.82, 2.24) is 0 Å². The molecule has 0 aliphatic heterocycles. The first-order valence-corrected chi connectivity index (χ1v) is 9.36. The van der Waals surface area contributed by atoms with Crippen LogP contribution in [0.5, 0.6) is 0 Å². The second-order valence-corrected chi connectivity index (χ2v) is 8.32. The zero-order valence-corrected chi connectivity index (χ0v) is 17.1. The third-order valence-electron chi connectivity index (χ3n) is 4.74. The molecule has 0 N–H and O–H groups in total. The summed E-state index contributed by atoms with van der Waals surface area (Å²) in [6.07, 6.45) is 0.174. The molecular weight excluding hydrogens is 326 g/mol. The van der Waals surface area contributed by atoms with Gasteiger partial charge in [0.1, 0.15) is 7.05 Å². The van der Waals surface area contributed by atoms with Crippen molar-refractivity contribution < 1.29 is 11.4 Å². The molecule has 0 fully saturated rings. The fourth-order valence-corrected chi connectivity index (χ4v) is 3.33. The molecule has 2 aromatic carbocycles. The molecule has 1 heteroatoms. The van der Waals surface area contributed by atoms with Gasteiger partial charge in [-0.25, -0.2) is 4.57 Å². The molecule has 0 atom stereocenters. The van der Waals surface area contributed by atoms with E-state index in [1.54, 1.807) is 6.20 Å². The van der Waals surface area contributed by atoms with Crippen molar-refractivity contribution in [3.8, 4) is 22.4 Å². The molecule has 0 radical (unpaired) electrons. The predicted octanol–water partition coefficient (Wildman–Crippen LogP) is 6.36. The Bertz CT molecular complexity index is 1150. The van der Waals surface area contributed by atoms with E-state index in [2.05, 4.69) is 6.07 Å². The Morgan fingerprint density at radius 1 is 0.926 bits per heavy atom. The fourth-order valence-electron chi connectivity index (χ4n) is 3.33. The van der Waals surface area contributed by atoms with E-state index < -0.39 is 18.6 Å². The first-order chi connectivity index (χ1) is 14.6. The smallest absolute Gasteiger partial charge is 0.201 e. The molecule has 0 saturated carbocycles. The quantitative estimate of drug-likeness (QED) is 0.477. The van der Waals surface area contributed by atoms with Crippen molar-refractivity contribution in [3.05, 3.63) is 77.0 Å². The molecule has 0 saturated heterocycles. The van der Waals surface area contributed by atoms with Gasteiger partial charge in [0.25, 0.3) is 0 Å². The number of rotatable bonds is 3. The molecule has 1 nitrogen and oxygen atoms in total. The van der Waals surface area contributed by atoms with Gasteiger partial charge in [0.05, 0.1) is 0 Å². The standard InChI is InChI=1S/C26H32N/c1-18-12-13-21(23-11-9-8-10-22(23)16-26(4,5)6)15-24(18)25-14-19(2)20(3)17-27(25)7/h8-15,17H,16H2,1-7H3/q+1/i3D3,16D2. The zero-order valence-electron chi connectivity index (χ0n) is 22.1. The van der Waals surface area contributed by atoms with Gasteiger partial charge in [0.15, 0.2) is 6.20 Å². The Balaban J connectivity index is 2.21. The Hall–Kier alpha value is -2.41. The highest BCUT2D eigenvalue weighted by atomic mass is 14.9. The number of hydrogen-bond donors (Lipinski definition) is 0. The van der Waals surface area contributed by atoms with E-state index >= 15 is 0 Å². The average Bonchev–Trinajstić information content (AvgIpc) is 2.68. The largest absolute Gasteiger partial charge is 0.212 e. The average molecular weight is 364 g/mol. The van der Waals surface area contributed by atoms with Gasteiger partial charge in [-0.3, -0.25) is 0 Å². The zero-order chi connectivity index (χ0) is 24.1. The third-order valence-corrected chi connectivity index (χ3v) is 4.74. The minimum atomic E-state index is -2.16. The summed E-state index contributed by atoms with van der Waals surface area (Å²) in [4.78, 5) is 0. The molecule has 1 heterocycles. The lowest BCUT2D eigenvalue weighted by Gasteiger charge is -2.21. The number of aromatic nitrogens is 1. The minimum Gasteiger partial charge on any atom is -0.201 e. The van der Waals surface area contributed by atoms with Gasteiger partial charge in [-0.2, -0.15) is 0 Å². The summed E-state index contributed by atoms with van der Waals surface area (Å²) in [5.74, 6) is 0. The Morgan fingerprint density at radius 2 is 1.67 bits per heavy atom. The van der Waals surface area contributed by atoms with E-state index in [0.29, 0.717) is 11.1 Å². The van der Waals surface area contributed by atoms with Gasteiger partial charge in [0.2, 0.25) is 5.69 Å². The highest BCUT2D eigenvalue weighted by Gasteiger charge is 2.18. The van der Waals surface area contributed by atoms with E-state index in [-0.39, 0.29) is 0 Å². The van der Waals surface area contributed by atoms with E-state index in [4.69, 9.17) is 6.85 Å². The molecule has 0 bridgehead atoms. The Kier molecular flexibility index (Phi) is 3.71. The fraction of sp³-hybridized carbons (Fsp3) is 0.346. The topological polar surface area (TPSA) is 3.88 Å². The normalized spacial score (nSPS) is 15.4. The maximum Gasteiger partial charge on any atom is 0.212 e. The van der Waals surface area contributed by atoms with Crippen LogP contribution in [0.2, 0.25) is 0 Å². The lowest BCUT2D eigenvalue weighted by atomic mass is 9.84. The van der Waals surface area contributed by atoms with Crippen molar-refractivity contribution >= 4 is 0 Å². The van der Waals surface area contributed by atoms with Crippen LogP contribution in [0.25, 0.3) is 22.4 Å². The van der Waals surface area contributed by atoms with Crippen molar-refractivity contribution in [2.24, 2.45) is 12.5 Å². The lowest BCUT2D eigenvalue weighted by Crippen LogP contribution is -2.31. The van der Waals surface area contributed by atoms with Gasteiger partial charge < -0.3 is 0 Å². The van der Waals surface area contributed by atoms with Crippen LogP contribution in [-0.2, 0) is 13.4 Å². The summed E-state index contributed by atoms with van der Waals surface area (Å²) in [5.41, 5.74) is 5.98. The van der Waals surface area contributed by atoms with Crippen LogP contribution in [0.3, 0.4) is 0 Å². The maximum atomic E-state index is 8.82. The molecule has 0 unspecified atom stereocenters. The van der Waals surface area contributed by atoms with E-state index in [9.17, 15) is 0 Å². The number of benzene rings is 2. The van der Waals surface area contributed by atoms with Crippen LogP contribution in [0.4, 0.5) is 0 Å². The molecule has 0 aliphatic carbocycles. The number of nitrogens with zero attached hydrogens (tertiary/aromatic N) is 1. The van der Waals surface area contributed by atoms with Gasteiger partial charge in [0, 0.05) is 24.0 Å². The minimum absolute atomic E-state index is 0.348. The van der Waals surface area contributed by atoms with Crippen molar-refractivity contribution in [1.29, 1.82) is 0 Å². The predicted molar refractivity (Wildman–Crippen MR) is 116 cm³/mol. The Labute approximate surface area is 171 Å². The molecule has 0 spiro atoms. The van der Waals surface area contributed by atoms with Crippen LogP contribution < -0.4 is 4.57 Å². The summed E-state index contributed by atoms with van der Waals surface area (Å²) in [6.45, 7) is 7.46. The van der Waals surface area contributed by atoms with E-state index in [0.717, 1.165) is 33.5 Å². The first kappa shape index (κ1) is 13.7. The summed E-state index contributed by atoms with van der Waals surface area (Å²) in [5, 5.41) is 0. The van der Waals surface area contributed by atoms with Crippen molar-refractivity contribution in [3.63, 3.8) is 0 Å². The molecule has 0 amide bonds. The molecule has 3 rings (SSSR count). The highest BCUT2D eigenvalue weighted by Crippen LogP contribution is 2.33. The SMILES string of the molecule is [2H]C([2H])([2H])c1c[n+](C)c(-c2cc(-c3ccccc3C([2H])([2H])C(C)(C)C)ccc2C)cc1C. The van der Waals surface area contributed by atoms with Crippen LogP contribution in [0.15, 0.2) is 54.7 Å².